The maximum Gasteiger partial charge on any atom is 0.219 e. The minimum absolute atomic E-state index is 0.0839. The second-order valence-electron chi connectivity index (χ2n) is 4.21. The molecule has 17 heavy (non-hydrogen) atoms. The summed E-state index contributed by atoms with van der Waals surface area (Å²) in [6, 6.07) is 3.77. The van der Waals surface area contributed by atoms with Crippen LogP contribution in [0.25, 0.3) is 0 Å². The largest absolute Gasteiger partial charge is 0.487 e. The molecule has 0 aliphatic carbocycles. The quantitative estimate of drug-likeness (QED) is 0.786. The van der Waals surface area contributed by atoms with Crippen LogP contribution in [0.15, 0.2) is 16.7 Å². The first-order valence-corrected chi connectivity index (χ1v) is 6.41. The Balaban J connectivity index is 2.00. The Labute approximate surface area is 109 Å². The number of amides is 1. The number of rotatable bonds is 2. The average Bonchev–Trinajstić information content (AvgIpc) is 2.71. The molecule has 1 aromatic rings. The molecule has 1 amide bonds. The van der Waals surface area contributed by atoms with E-state index in [-0.39, 0.29) is 12.0 Å². The summed E-state index contributed by atoms with van der Waals surface area (Å²) in [4.78, 5) is 17.3. The normalized spacial score (nSPS) is 19.5. The number of hydrogen-bond donors (Lipinski definition) is 0. The zero-order valence-electron chi connectivity index (χ0n) is 9.94. The second kappa shape index (κ2) is 5.04. The highest BCUT2D eigenvalue weighted by atomic mass is 79.9. The molecule has 1 fully saturated rings. The van der Waals surface area contributed by atoms with Gasteiger partial charge in [-0.15, -0.1) is 0 Å². The summed E-state index contributed by atoms with van der Waals surface area (Å²) < 4.78 is 6.67. The van der Waals surface area contributed by atoms with E-state index in [0.29, 0.717) is 6.54 Å². The molecule has 0 aromatic carbocycles. The predicted molar refractivity (Wildman–Crippen MR) is 68.0 cm³/mol. The van der Waals surface area contributed by atoms with Gasteiger partial charge in [-0.25, -0.2) is 4.98 Å². The molecule has 0 N–H and O–H groups in total. The van der Waals surface area contributed by atoms with E-state index >= 15 is 0 Å². The topological polar surface area (TPSA) is 42.4 Å². The lowest BCUT2D eigenvalue weighted by molar-refractivity contribution is -0.128. The summed E-state index contributed by atoms with van der Waals surface area (Å²) in [5.41, 5.74) is 0.862. The predicted octanol–water partition coefficient (Wildman–Crippen LogP) is 2.15. The fourth-order valence-electron chi connectivity index (χ4n) is 1.93. The van der Waals surface area contributed by atoms with Crippen molar-refractivity contribution >= 4 is 21.8 Å². The van der Waals surface area contributed by atoms with E-state index in [4.69, 9.17) is 4.74 Å². The van der Waals surface area contributed by atoms with Crippen LogP contribution in [0.3, 0.4) is 0 Å². The van der Waals surface area contributed by atoms with Crippen LogP contribution in [-0.2, 0) is 4.79 Å². The maximum absolute atomic E-state index is 11.2. The van der Waals surface area contributed by atoms with Gasteiger partial charge in [0.2, 0.25) is 5.91 Å². The third-order valence-electron chi connectivity index (χ3n) is 2.89. The zero-order valence-corrected chi connectivity index (χ0v) is 11.5. The number of ether oxygens (including phenoxy) is 1. The molecule has 1 aliphatic heterocycles. The monoisotopic (exact) mass is 298 g/mol. The van der Waals surface area contributed by atoms with Crippen LogP contribution < -0.4 is 4.74 Å². The van der Waals surface area contributed by atoms with Crippen LogP contribution in [0.5, 0.6) is 5.75 Å². The lowest BCUT2D eigenvalue weighted by Gasteiger charge is -2.16. The third-order valence-corrected chi connectivity index (χ3v) is 3.33. The number of aromatic nitrogens is 1. The Morgan fingerprint density at radius 3 is 2.94 bits per heavy atom. The SMILES string of the molecule is CC(=O)N1CCC(Oc2ccc(Br)nc2C)C1. The van der Waals surface area contributed by atoms with Gasteiger partial charge in [0.1, 0.15) is 16.5 Å². The van der Waals surface area contributed by atoms with E-state index in [0.717, 1.165) is 29.0 Å². The third kappa shape index (κ3) is 2.97. The van der Waals surface area contributed by atoms with Gasteiger partial charge in [0.15, 0.2) is 0 Å². The Hall–Kier alpha value is -1.10. The molecule has 1 atom stereocenters. The molecular weight excluding hydrogens is 284 g/mol. The van der Waals surface area contributed by atoms with E-state index < -0.39 is 0 Å². The highest BCUT2D eigenvalue weighted by Gasteiger charge is 2.25. The zero-order chi connectivity index (χ0) is 12.4. The van der Waals surface area contributed by atoms with Gasteiger partial charge in [-0.05, 0) is 35.0 Å². The first-order chi connectivity index (χ1) is 8.06. The number of hydrogen-bond acceptors (Lipinski definition) is 3. The van der Waals surface area contributed by atoms with Crippen molar-refractivity contribution in [2.24, 2.45) is 0 Å². The van der Waals surface area contributed by atoms with Crippen LogP contribution in [-0.4, -0.2) is 35.0 Å². The van der Waals surface area contributed by atoms with Gasteiger partial charge < -0.3 is 9.64 Å². The fraction of sp³-hybridized carbons (Fsp3) is 0.500. The lowest BCUT2D eigenvalue weighted by Crippen LogP contribution is -2.28. The van der Waals surface area contributed by atoms with E-state index in [9.17, 15) is 4.79 Å². The van der Waals surface area contributed by atoms with Crippen molar-refractivity contribution in [3.8, 4) is 5.75 Å². The first kappa shape index (κ1) is 12.4. The number of nitrogens with zero attached hydrogens (tertiary/aromatic N) is 2. The summed E-state index contributed by atoms with van der Waals surface area (Å²) in [5.74, 6) is 0.908. The van der Waals surface area contributed by atoms with Crippen molar-refractivity contribution in [3.63, 3.8) is 0 Å². The van der Waals surface area contributed by atoms with E-state index in [2.05, 4.69) is 20.9 Å². The standard InChI is InChI=1S/C12H15BrN2O2/c1-8-11(3-4-12(13)14-8)17-10-5-6-15(7-10)9(2)16/h3-4,10H,5-7H2,1-2H3. The highest BCUT2D eigenvalue weighted by Crippen LogP contribution is 2.22. The number of pyridine rings is 1. The molecule has 0 spiro atoms. The van der Waals surface area contributed by atoms with Gasteiger partial charge in [0.25, 0.3) is 0 Å². The molecule has 0 saturated carbocycles. The minimum Gasteiger partial charge on any atom is -0.487 e. The van der Waals surface area contributed by atoms with Crippen molar-refractivity contribution in [2.75, 3.05) is 13.1 Å². The minimum atomic E-state index is 0.0839. The number of carbonyl (C=O) groups is 1. The maximum atomic E-state index is 11.2. The lowest BCUT2D eigenvalue weighted by atomic mass is 10.3. The van der Waals surface area contributed by atoms with Crippen LogP contribution >= 0.6 is 15.9 Å². The summed E-state index contributed by atoms with van der Waals surface area (Å²) >= 11 is 3.32. The van der Waals surface area contributed by atoms with Crippen molar-refractivity contribution in [3.05, 3.63) is 22.4 Å². The molecule has 1 saturated heterocycles. The number of carbonyl (C=O) groups excluding carboxylic acids is 1. The van der Waals surface area contributed by atoms with Gasteiger partial charge in [-0.2, -0.15) is 0 Å². The van der Waals surface area contributed by atoms with Crippen molar-refractivity contribution < 1.29 is 9.53 Å². The van der Waals surface area contributed by atoms with Crippen LogP contribution in [0, 0.1) is 6.92 Å². The molecule has 1 aromatic heterocycles. The van der Waals surface area contributed by atoms with Crippen LogP contribution in [0.4, 0.5) is 0 Å². The Bertz CT molecular complexity index is 437. The summed E-state index contributed by atoms with van der Waals surface area (Å²) in [5, 5.41) is 0. The molecule has 4 nitrogen and oxygen atoms in total. The van der Waals surface area contributed by atoms with Crippen LogP contribution in [0.2, 0.25) is 0 Å². The number of halogens is 1. The van der Waals surface area contributed by atoms with E-state index in [1.165, 1.54) is 0 Å². The molecular formula is C12H15BrN2O2. The summed E-state index contributed by atoms with van der Waals surface area (Å²) in [6.07, 6.45) is 0.968. The highest BCUT2D eigenvalue weighted by molar-refractivity contribution is 9.10. The number of likely N-dealkylation sites (tertiary alicyclic amines) is 1. The van der Waals surface area contributed by atoms with E-state index in [1.54, 1.807) is 6.92 Å². The molecule has 1 aliphatic rings. The van der Waals surface area contributed by atoms with Crippen LogP contribution in [0.1, 0.15) is 19.0 Å². The fourth-order valence-corrected chi connectivity index (χ4v) is 2.33. The Kier molecular flexibility index (Phi) is 3.66. The Morgan fingerprint density at radius 1 is 1.59 bits per heavy atom. The van der Waals surface area contributed by atoms with Gasteiger partial charge in [-0.3, -0.25) is 4.79 Å². The second-order valence-corrected chi connectivity index (χ2v) is 5.02. The molecule has 2 heterocycles. The van der Waals surface area contributed by atoms with Gasteiger partial charge in [0, 0.05) is 19.9 Å². The average molecular weight is 299 g/mol. The molecule has 92 valence electrons. The van der Waals surface area contributed by atoms with Crippen molar-refractivity contribution in [2.45, 2.75) is 26.4 Å². The van der Waals surface area contributed by atoms with Gasteiger partial charge in [0.05, 0.1) is 12.2 Å². The first-order valence-electron chi connectivity index (χ1n) is 5.61. The molecule has 2 rings (SSSR count). The van der Waals surface area contributed by atoms with E-state index in [1.807, 2.05) is 24.0 Å². The van der Waals surface area contributed by atoms with Gasteiger partial charge in [-0.1, -0.05) is 0 Å². The molecule has 5 heteroatoms. The van der Waals surface area contributed by atoms with Gasteiger partial charge >= 0.3 is 0 Å². The smallest absolute Gasteiger partial charge is 0.219 e. The summed E-state index contributed by atoms with van der Waals surface area (Å²) in [6.45, 7) is 4.96. The Morgan fingerprint density at radius 2 is 2.35 bits per heavy atom. The van der Waals surface area contributed by atoms with Crippen molar-refractivity contribution in [1.82, 2.24) is 9.88 Å². The molecule has 0 bridgehead atoms. The molecule has 0 radical (unpaired) electrons. The summed E-state index contributed by atoms with van der Waals surface area (Å²) in [7, 11) is 0. The van der Waals surface area contributed by atoms with Crippen molar-refractivity contribution in [1.29, 1.82) is 0 Å². The number of aryl methyl sites for hydroxylation is 1. The molecule has 1 unspecified atom stereocenters.